The number of carbonyl (C=O) groups excluding carboxylic acids is 1. The number of benzene rings is 1. The van der Waals surface area contributed by atoms with Crippen LogP contribution in [0.25, 0.3) is 0 Å². The van der Waals surface area contributed by atoms with Crippen molar-refractivity contribution in [3.05, 3.63) is 29.3 Å². The lowest BCUT2D eigenvalue weighted by Gasteiger charge is -2.43. The van der Waals surface area contributed by atoms with Crippen LogP contribution in [0.1, 0.15) is 30.9 Å². The Labute approximate surface area is 198 Å². The molecule has 1 spiro atoms. The topological polar surface area (TPSA) is 75.0 Å². The molecule has 3 rings (SSSR count). The summed E-state index contributed by atoms with van der Waals surface area (Å²) in [5.41, 5.74) is -0.996. The van der Waals surface area contributed by atoms with E-state index in [-0.39, 0.29) is 29.4 Å². The number of hydrogen-bond acceptors (Lipinski definition) is 6. The van der Waals surface area contributed by atoms with Crippen molar-refractivity contribution in [2.45, 2.75) is 25.9 Å². The molecule has 0 bridgehead atoms. The Bertz CT molecular complexity index is 879. The van der Waals surface area contributed by atoms with Gasteiger partial charge >= 0.3 is 6.18 Å². The number of likely N-dealkylation sites (tertiary alicyclic amines) is 1. The van der Waals surface area contributed by atoms with Gasteiger partial charge in [0.2, 0.25) is 5.91 Å². The van der Waals surface area contributed by atoms with Crippen molar-refractivity contribution in [1.29, 1.82) is 5.26 Å². The molecule has 2 heterocycles. The second-order valence-corrected chi connectivity index (χ2v) is 8.86. The molecule has 1 aromatic carbocycles. The van der Waals surface area contributed by atoms with Crippen LogP contribution >= 0.6 is 0 Å². The molecule has 0 radical (unpaired) electrons. The molecule has 2 aliphatic heterocycles. The number of alkyl halides is 3. The molecule has 7 nitrogen and oxygen atoms in total. The molecule has 1 amide bonds. The molecular formula is C24H32F3N3O4. The zero-order chi connectivity index (χ0) is 24.8. The van der Waals surface area contributed by atoms with Gasteiger partial charge < -0.3 is 24.0 Å². The van der Waals surface area contributed by atoms with Crippen molar-refractivity contribution >= 4 is 11.6 Å². The fourth-order valence-corrected chi connectivity index (χ4v) is 4.94. The molecule has 1 aromatic rings. The molecule has 2 aliphatic rings. The molecular weight excluding hydrogens is 451 g/mol. The number of piperidine rings is 1. The summed E-state index contributed by atoms with van der Waals surface area (Å²) in [4.78, 5) is 16.4. The van der Waals surface area contributed by atoms with Crippen molar-refractivity contribution in [2.24, 2.45) is 11.3 Å². The van der Waals surface area contributed by atoms with Crippen LogP contribution in [0.15, 0.2) is 18.2 Å². The van der Waals surface area contributed by atoms with Crippen LogP contribution < -0.4 is 4.90 Å². The van der Waals surface area contributed by atoms with Gasteiger partial charge in [0.15, 0.2) is 0 Å². The third-order valence-electron chi connectivity index (χ3n) is 6.90. The second-order valence-electron chi connectivity index (χ2n) is 8.86. The number of anilines is 1. The van der Waals surface area contributed by atoms with E-state index in [0.29, 0.717) is 58.3 Å². The number of amides is 1. The van der Waals surface area contributed by atoms with Crippen LogP contribution in [0.3, 0.4) is 0 Å². The third-order valence-corrected chi connectivity index (χ3v) is 6.90. The summed E-state index contributed by atoms with van der Waals surface area (Å²) < 4.78 is 56.4. The Balaban J connectivity index is 1.73. The fourth-order valence-electron chi connectivity index (χ4n) is 4.94. The normalized spacial score (nSPS) is 20.1. The molecule has 0 N–H and O–H groups in total. The Hall–Kier alpha value is -2.35. The number of rotatable bonds is 9. The molecule has 10 heteroatoms. The third kappa shape index (κ3) is 6.01. The van der Waals surface area contributed by atoms with Crippen molar-refractivity contribution in [3.63, 3.8) is 0 Å². The van der Waals surface area contributed by atoms with E-state index in [4.69, 9.17) is 19.5 Å². The Kier molecular flexibility index (Phi) is 8.79. The summed E-state index contributed by atoms with van der Waals surface area (Å²) in [7, 11) is 1.61. The van der Waals surface area contributed by atoms with Gasteiger partial charge in [-0.05, 0) is 43.4 Å². The molecule has 1 unspecified atom stereocenters. The lowest BCUT2D eigenvalue weighted by atomic mass is 9.71. The molecule has 2 saturated heterocycles. The average Bonchev–Trinajstić information content (AvgIpc) is 3.17. The predicted molar refractivity (Wildman–Crippen MR) is 119 cm³/mol. The molecule has 2 fully saturated rings. The molecule has 0 saturated carbocycles. The zero-order valence-electron chi connectivity index (χ0n) is 19.7. The standard InChI is InChI=1S/C24H32F3N3O4/c1-3-33-16-22(31)30-14-19(15-34-11-10-32-2)23(17-30)6-8-29(9-7-23)20-5-4-18(13-28)21(12-20)24(25,26)27/h4-5,12,19H,3,6-11,14-17H2,1-2H3. The van der Waals surface area contributed by atoms with Gasteiger partial charge in [-0.3, -0.25) is 4.79 Å². The van der Waals surface area contributed by atoms with Crippen molar-refractivity contribution in [2.75, 3.05) is 71.2 Å². The second kappa shape index (κ2) is 11.4. The first-order chi connectivity index (χ1) is 16.2. The maximum absolute atomic E-state index is 13.4. The summed E-state index contributed by atoms with van der Waals surface area (Å²) in [6, 6.07) is 5.50. The van der Waals surface area contributed by atoms with E-state index in [0.717, 1.165) is 18.9 Å². The molecule has 1 atom stereocenters. The summed E-state index contributed by atoms with van der Waals surface area (Å²) in [5.74, 6) is 0.0775. The molecule has 34 heavy (non-hydrogen) atoms. The maximum atomic E-state index is 13.4. The summed E-state index contributed by atoms with van der Waals surface area (Å²) in [6.45, 7) is 6.09. The molecule has 188 valence electrons. The van der Waals surface area contributed by atoms with Crippen molar-refractivity contribution in [3.8, 4) is 6.07 Å². The van der Waals surface area contributed by atoms with Crippen molar-refractivity contribution in [1.82, 2.24) is 4.90 Å². The van der Waals surface area contributed by atoms with E-state index in [1.165, 1.54) is 6.07 Å². The highest BCUT2D eigenvalue weighted by Crippen LogP contribution is 2.46. The van der Waals surface area contributed by atoms with Gasteiger partial charge in [0.05, 0.1) is 37.0 Å². The van der Waals surface area contributed by atoms with Crippen LogP contribution in [0.5, 0.6) is 0 Å². The number of methoxy groups -OCH3 is 1. The zero-order valence-corrected chi connectivity index (χ0v) is 19.7. The Morgan fingerprint density at radius 3 is 2.59 bits per heavy atom. The van der Waals surface area contributed by atoms with Gasteiger partial charge in [-0.1, -0.05) is 0 Å². The molecule has 0 aromatic heterocycles. The van der Waals surface area contributed by atoms with Gasteiger partial charge in [-0.15, -0.1) is 0 Å². The Morgan fingerprint density at radius 1 is 1.24 bits per heavy atom. The monoisotopic (exact) mass is 483 g/mol. The van der Waals surface area contributed by atoms with Crippen LogP contribution in [-0.4, -0.2) is 77.1 Å². The van der Waals surface area contributed by atoms with E-state index in [1.54, 1.807) is 19.2 Å². The smallest absolute Gasteiger partial charge is 0.382 e. The summed E-state index contributed by atoms with van der Waals surface area (Å²) in [5, 5.41) is 9.06. The Morgan fingerprint density at radius 2 is 1.97 bits per heavy atom. The van der Waals surface area contributed by atoms with E-state index >= 15 is 0 Å². The van der Waals surface area contributed by atoms with Gasteiger partial charge in [0, 0.05) is 51.5 Å². The highest BCUT2D eigenvalue weighted by Gasteiger charge is 2.49. The number of carbonyl (C=O) groups is 1. The average molecular weight is 484 g/mol. The summed E-state index contributed by atoms with van der Waals surface area (Å²) in [6.07, 6.45) is -3.13. The number of nitriles is 1. The number of nitrogens with zero attached hydrogens (tertiary/aromatic N) is 3. The minimum atomic E-state index is -4.59. The van der Waals surface area contributed by atoms with E-state index in [1.807, 2.05) is 16.7 Å². The number of hydrogen-bond donors (Lipinski definition) is 0. The maximum Gasteiger partial charge on any atom is 0.417 e. The quantitative estimate of drug-likeness (QED) is 0.502. The van der Waals surface area contributed by atoms with Gasteiger partial charge in [0.1, 0.15) is 6.61 Å². The number of ether oxygens (including phenoxy) is 3. The van der Waals surface area contributed by atoms with Gasteiger partial charge in [0.25, 0.3) is 0 Å². The van der Waals surface area contributed by atoms with Crippen LogP contribution in [-0.2, 0) is 25.2 Å². The predicted octanol–water partition coefficient (Wildman–Crippen LogP) is 3.32. The lowest BCUT2D eigenvalue weighted by molar-refractivity contribution is -0.138. The van der Waals surface area contributed by atoms with E-state index in [9.17, 15) is 18.0 Å². The first-order valence-corrected chi connectivity index (χ1v) is 11.5. The largest absolute Gasteiger partial charge is 0.417 e. The van der Waals surface area contributed by atoms with Gasteiger partial charge in [-0.2, -0.15) is 18.4 Å². The molecule has 0 aliphatic carbocycles. The lowest BCUT2D eigenvalue weighted by Crippen LogP contribution is -2.45. The van der Waals surface area contributed by atoms with Crippen LogP contribution in [0, 0.1) is 22.7 Å². The van der Waals surface area contributed by atoms with Crippen LogP contribution in [0.4, 0.5) is 18.9 Å². The first kappa shape index (κ1) is 26.3. The highest BCUT2D eigenvalue weighted by atomic mass is 19.4. The van der Waals surface area contributed by atoms with Crippen molar-refractivity contribution < 1.29 is 32.2 Å². The van der Waals surface area contributed by atoms with E-state index < -0.39 is 11.7 Å². The first-order valence-electron chi connectivity index (χ1n) is 11.5. The van der Waals surface area contributed by atoms with Crippen LogP contribution in [0.2, 0.25) is 0 Å². The van der Waals surface area contributed by atoms with E-state index in [2.05, 4.69) is 0 Å². The minimum Gasteiger partial charge on any atom is -0.382 e. The fraction of sp³-hybridized carbons (Fsp3) is 0.667. The minimum absolute atomic E-state index is 0.0431. The van der Waals surface area contributed by atoms with Gasteiger partial charge in [-0.25, -0.2) is 0 Å². The number of halogens is 3. The highest BCUT2D eigenvalue weighted by molar-refractivity contribution is 5.78. The summed E-state index contributed by atoms with van der Waals surface area (Å²) >= 11 is 0. The SMILES string of the molecule is CCOCC(=O)N1CC(COCCOC)C2(CCN(c3ccc(C#N)c(C(F)(F)F)c3)CC2)C1.